The van der Waals surface area contributed by atoms with Crippen molar-refractivity contribution in [2.45, 2.75) is 76.5 Å². The number of nitrogens with zero attached hydrogens (tertiary/aromatic N) is 1. The lowest BCUT2D eigenvalue weighted by atomic mass is 9.93. The maximum atomic E-state index is 13.0. The minimum atomic E-state index is -0.550. The Morgan fingerprint density at radius 1 is 1.23 bits per heavy atom. The van der Waals surface area contributed by atoms with Crippen molar-refractivity contribution in [3.63, 3.8) is 0 Å². The lowest BCUT2D eigenvalue weighted by Crippen LogP contribution is -2.51. The molecule has 1 N–H and O–H groups in total. The van der Waals surface area contributed by atoms with Gasteiger partial charge >= 0.3 is 6.09 Å². The van der Waals surface area contributed by atoms with Gasteiger partial charge in [0.1, 0.15) is 5.60 Å². The van der Waals surface area contributed by atoms with E-state index < -0.39 is 5.60 Å². The number of methoxy groups -OCH3 is 1. The van der Waals surface area contributed by atoms with Crippen molar-refractivity contribution in [1.29, 1.82) is 0 Å². The van der Waals surface area contributed by atoms with Crippen LogP contribution in [-0.2, 0) is 19.7 Å². The summed E-state index contributed by atoms with van der Waals surface area (Å²) in [6.07, 6.45) is 3.18. The number of ether oxygens (including phenoxy) is 2. The molecule has 1 aliphatic carbocycles. The van der Waals surface area contributed by atoms with E-state index in [0.29, 0.717) is 13.1 Å². The number of benzene rings is 1. The van der Waals surface area contributed by atoms with E-state index >= 15 is 0 Å². The third-order valence-electron chi connectivity index (χ3n) is 6.33. The Kier molecular flexibility index (Phi) is 6.75. The van der Waals surface area contributed by atoms with Crippen molar-refractivity contribution in [2.75, 3.05) is 20.2 Å². The Labute approximate surface area is 180 Å². The number of hydrogen-bond donors (Lipinski definition) is 1. The van der Waals surface area contributed by atoms with E-state index in [9.17, 15) is 9.59 Å². The zero-order valence-electron chi connectivity index (χ0n) is 18.9. The van der Waals surface area contributed by atoms with Crippen LogP contribution in [0.5, 0.6) is 0 Å². The zero-order valence-corrected chi connectivity index (χ0v) is 18.9. The van der Waals surface area contributed by atoms with Crippen molar-refractivity contribution in [3.05, 3.63) is 35.9 Å². The summed E-state index contributed by atoms with van der Waals surface area (Å²) in [5.74, 6) is -0.394. The largest absolute Gasteiger partial charge is 0.444 e. The fourth-order valence-corrected chi connectivity index (χ4v) is 4.45. The lowest BCUT2D eigenvalue weighted by molar-refractivity contribution is -0.130. The standard InChI is InChI=1S/C24H36N2O4/c1-17(21(27)25-16-24(13-14-24)18-10-7-6-8-11-18)20(29-5)19-12-9-15-26(19)22(28)30-23(2,3)4/h6-8,10-11,17,19-20H,9,12-16H2,1-5H3,(H,25,27). The summed E-state index contributed by atoms with van der Waals surface area (Å²) in [6, 6.07) is 10.2. The van der Waals surface area contributed by atoms with Crippen LogP contribution in [0.1, 0.15) is 58.9 Å². The van der Waals surface area contributed by atoms with Crippen LogP contribution in [0.25, 0.3) is 0 Å². The molecule has 3 atom stereocenters. The van der Waals surface area contributed by atoms with Gasteiger partial charge in [-0.25, -0.2) is 4.79 Å². The average molecular weight is 417 g/mol. The molecule has 3 unspecified atom stereocenters. The summed E-state index contributed by atoms with van der Waals surface area (Å²) >= 11 is 0. The Morgan fingerprint density at radius 3 is 2.47 bits per heavy atom. The highest BCUT2D eigenvalue weighted by molar-refractivity contribution is 5.79. The fraction of sp³-hybridized carbons (Fsp3) is 0.667. The van der Waals surface area contributed by atoms with Gasteiger partial charge in [0.2, 0.25) is 5.91 Å². The number of hydrogen-bond acceptors (Lipinski definition) is 4. The minimum absolute atomic E-state index is 0.0277. The highest BCUT2D eigenvalue weighted by Gasteiger charge is 2.45. The molecule has 2 aliphatic rings. The Bertz CT molecular complexity index is 739. The summed E-state index contributed by atoms with van der Waals surface area (Å²) in [5, 5.41) is 3.15. The molecule has 6 nitrogen and oxygen atoms in total. The quantitative estimate of drug-likeness (QED) is 0.732. The first-order valence-electron chi connectivity index (χ1n) is 11.0. The molecule has 1 aromatic rings. The van der Waals surface area contributed by atoms with Crippen molar-refractivity contribution in [3.8, 4) is 0 Å². The second-order valence-electron chi connectivity index (χ2n) is 9.74. The number of nitrogens with one attached hydrogen (secondary N) is 1. The van der Waals surface area contributed by atoms with Gasteiger partial charge in [-0.3, -0.25) is 4.79 Å². The van der Waals surface area contributed by atoms with Crippen LogP contribution in [0.2, 0.25) is 0 Å². The predicted molar refractivity (Wildman–Crippen MR) is 116 cm³/mol. The van der Waals surface area contributed by atoms with Crippen molar-refractivity contribution >= 4 is 12.0 Å². The smallest absolute Gasteiger partial charge is 0.410 e. The molecule has 3 rings (SSSR count). The number of rotatable bonds is 7. The normalized spacial score (nSPS) is 22.3. The molecule has 1 saturated heterocycles. The molecule has 2 amide bonds. The number of carbonyl (C=O) groups is 2. The second-order valence-corrected chi connectivity index (χ2v) is 9.74. The zero-order chi connectivity index (χ0) is 21.9. The molecule has 166 valence electrons. The molecule has 0 aromatic heterocycles. The number of likely N-dealkylation sites (tertiary alicyclic amines) is 1. The van der Waals surface area contributed by atoms with Crippen LogP contribution in [-0.4, -0.2) is 54.8 Å². The summed E-state index contributed by atoms with van der Waals surface area (Å²) in [4.78, 5) is 27.4. The highest BCUT2D eigenvalue weighted by Crippen LogP contribution is 2.47. The molecule has 2 fully saturated rings. The Balaban J connectivity index is 1.61. The van der Waals surface area contributed by atoms with Crippen LogP contribution in [0.4, 0.5) is 4.79 Å². The first-order chi connectivity index (χ1) is 14.2. The maximum absolute atomic E-state index is 13.0. The van der Waals surface area contributed by atoms with Gasteiger partial charge in [0.25, 0.3) is 0 Å². The molecule has 1 heterocycles. The van der Waals surface area contributed by atoms with Crippen molar-refractivity contribution in [2.24, 2.45) is 5.92 Å². The fourth-order valence-electron chi connectivity index (χ4n) is 4.45. The van der Waals surface area contributed by atoms with Gasteiger partial charge in [-0.15, -0.1) is 0 Å². The Morgan fingerprint density at radius 2 is 1.90 bits per heavy atom. The number of carbonyl (C=O) groups excluding carboxylic acids is 2. The monoisotopic (exact) mass is 416 g/mol. The summed E-state index contributed by atoms with van der Waals surface area (Å²) < 4.78 is 11.3. The third-order valence-corrected chi connectivity index (χ3v) is 6.33. The molecule has 6 heteroatoms. The molecule has 0 spiro atoms. The topological polar surface area (TPSA) is 67.9 Å². The molecular weight excluding hydrogens is 380 g/mol. The van der Waals surface area contributed by atoms with Crippen molar-refractivity contribution < 1.29 is 19.1 Å². The lowest BCUT2D eigenvalue weighted by Gasteiger charge is -2.35. The second kappa shape index (κ2) is 8.96. The first kappa shape index (κ1) is 22.6. The van der Waals surface area contributed by atoms with Gasteiger partial charge < -0.3 is 19.7 Å². The van der Waals surface area contributed by atoms with Crippen LogP contribution in [0.3, 0.4) is 0 Å². The van der Waals surface area contributed by atoms with E-state index in [4.69, 9.17) is 9.47 Å². The molecule has 0 bridgehead atoms. The SMILES string of the molecule is COC(C(C)C(=O)NCC1(c2ccccc2)CC1)C1CCCN1C(=O)OC(C)(C)C. The van der Waals surface area contributed by atoms with Gasteiger partial charge in [-0.05, 0) is 52.0 Å². The van der Waals surface area contributed by atoms with E-state index in [0.717, 1.165) is 25.7 Å². The predicted octanol–water partition coefficient (Wildman–Crippen LogP) is 3.89. The van der Waals surface area contributed by atoms with Crippen LogP contribution < -0.4 is 5.32 Å². The van der Waals surface area contributed by atoms with Gasteiger partial charge in [0, 0.05) is 25.6 Å². The first-order valence-corrected chi connectivity index (χ1v) is 11.0. The molecule has 0 radical (unpaired) electrons. The van der Waals surface area contributed by atoms with E-state index in [1.807, 2.05) is 45.9 Å². The molecular formula is C24H36N2O4. The summed E-state index contributed by atoms with van der Waals surface area (Å²) in [5.41, 5.74) is 0.800. The Hall–Kier alpha value is -2.08. The molecule has 1 aliphatic heterocycles. The van der Waals surface area contributed by atoms with Gasteiger partial charge in [-0.1, -0.05) is 37.3 Å². The summed E-state index contributed by atoms with van der Waals surface area (Å²) in [7, 11) is 1.62. The van der Waals surface area contributed by atoms with Gasteiger partial charge in [0.05, 0.1) is 18.1 Å². The molecule has 1 aromatic carbocycles. The van der Waals surface area contributed by atoms with Crippen LogP contribution in [0.15, 0.2) is 30.3 Å². The number of amides is 2. The van der Waals surface area contributed by atoms with Crippen LogP contribution in [0, 0.1) is 5.92 Å². The summed E-state index contributed by atoms with van der Waals surface area (Å²) in [6.45, 7) is 8.74. The van der Waals surface area contributed by atoms with Gasteiger partial charge in [-0.2, -0.15) is 0 Å². The minimum Gasteiger partial charge on any atom is -0.444 e. The van der Waals surface area contributed by atoms with E-state index in [2.05, 4.69) is 17.4 Å². The van der Waals surface area contributed by atoms with E-state index in [1.165, 1.54) is 5.56 Å². The maximum Gasteiger partial charge on any atom is 0.410 e. The van der Waals surface area contributed by atoms with Crippen molar-refractivity contribution in [1.82, 2.24) is 10.2 Å². The van der Waals surface area contributed by atoms with E-state index in [1.54, 1.807) is 12.0 Å². The van der Waals surface area contributed by atoms with E-state index in [-0.39, 0.29) is 35.5 Å². The average Bonchev–Trinajstić information content (AvgIpc) is 3.34. The molecule has 30 heavy (non-hydrogen) atoms. The highest BCUT2D eigenvalue weighted by atomic mass is 16.6. The molecule has 1 saturated carbocycles. The third kappa shape index (κ3) is 5.15. The van der Waals surface area contributed by atoms with Gasteiger partial charge in [0.15, 0.2) is 0 Å². The van der Waals surface area contributed by atoms with Crippen LogP contribution >= 0.6 is 0 Å².